The molecule has 1 aliphatic rings. The van der Waals surface area contributed by atoms with Crippen molar-refractivity contribution in [3.63, 3.8) is 0 Å². The number of hydrogen-bond donors (Lipinski definition) is 1. The molecule has 1 nitrogen and oxygen atoms in total. The lowest BCUT2D eigenvalue weighted by Gasteiger charge is -2.43. The van der Waals surface area contributed by atoms with E-state index in [0.29, 0.717) is 5.41 Å². The lowest BCUT2D eigenvalue weighted by atomic mass is 9.62. The molecular weight excluding hydrogens is 254 g/mol. The molecule has 0 bridgehead atoms. The minimum Gasteiger partial charge on any atom is -0.330 e. The summed E-state index contributed by atoms with van der Waals surface area (Å²) in [6.07, 6.45) is 7.79. The molecule has 0 amide bonds. The van der Waals surface area contributed by atoms with Gasteiger partial charge >= 0.3 is 0 Å². The second-order valence-corrected chi connectivity index (χ2v) is 6.32. The molecule has 0 saturated heterocycles. The fraction of sp³-hybridized carbons (Fsp3) is 0.400. The molecule has 3 rings (SSSR count). The first-order valence-electron chi connectivity index (χ1n) is 8.20. The van der Waals surface area contributed by atoms with Crippen LogP contribution in [0.1, 0.15) is 44.1 Å². The number of unbranched alkanes of at least 4 members (excludes halogenated alkanes) is 1. The Bertz CT molecular complexity index is 552. The van der Waals surface area contributed by atoms with Crippen molar-refractivity contribution in [2.45, 2.75) is 43.9 Å². The highest BCUT2D eigenvalue weighted by atomic mass is 14.5. The normalized spacial score (nSPS) is 16.4. The second-order valence-electron chi connectivity index (χ2n) is 6.32. The van der Waals surface area contributed by atoms with Crippen molar-refractivity contribution in [3.05, 3.63) is 60.2 Å². The number of nitrogens with two attached hydrogens (primary N) is 1. The van der Waals surface area contributed by atoms with Crippen LogP contribution in [0.25, 0.3) is 11.1 Å². The van der Waals surface area contributed by atoms with E-state index in [1.807, 2.05) is 0 Å². The maximum atomic E-state index is 5.64. The first-order chi connectivity index (χ1) is 10.3. The zero-order valence-electron chi connectivity index (χ0n) is 12.7. The summed E-state index contributed by atoms with van der Waals surface area (Å²) in [6, 6.07) is 19.9. The third-order valence-electron chi connectivity index (χ3n) is 5.02. The molecule has 1 fully saturated rings. The van der Waals surface area contributed by atoms with Crippen LogP contribution in [0.2, 0.25) is 0 Å². The van der Waals surface area contributed by atoms with Crippen LogP contribution >= 0.6 is 0 Å². The van der Waals surface area contributed by atoms with Gasteiger partial charge in [0.2, 0.25) is 0 Å². The van der Waals surface area contributed by atoms with E-state index in [2.05, 4.69) is 54.6 Å². The van der Waals surface area contributed by atoms with Crippen LogP contribution in [0.3, 0.4) is 0 Å². The number of rotatable bonds is 6. The third kappa shape index (κ3) is 3.03. The van der Waals surface area contributed by atoms with Gasteiger partial charge in [0.15, 0.2) is 0 Å². The fourth-order valence-corrected chi connectivity index (χ4v) is 3.54. The maximum absolute atomic E-state index is 5.64. The topological polar surface area (TPSA) is 26.0 Å². The second kappa shape index (κ2) is 6.44. The van der Waals surface area contributed by atoms with E-state index in [1.54, 1.807) is 0 Å². The van der Waals surface area contributed by atoms with E-state index < -0.39 is 0 Å². The van der Waals surface area contributed by atoms with Gasteiger partial charge in [0.1, 0.15) is 0 Å². The van der Waals surface area contributed by atoms with Crippen molar-refractivity contribution in [1.82, 2.24) is 0 Å². The van der Waals surface area contributed by atoms with Gasteiger partial charge in [-0.05, 0) is 54.3 Å². The number of benzene rings is 2. The Labute approximate surface area is 128 Å². The van der Waals surface area contributed by atoms with Crippen LogP contribution in [0.15, 0.2) is 54.6 Å². The highest BCUT2D eigenvalue weighted by molar-refractivity contribution is 5.63. The first-order valence-corrected chi connectivity index (χ1v) is 8.20. The molecule has 0 aliphatic heterocycles. The van der Waals surface area contributed by atoms with Gasteiger partial charge in [0, 0.05) is 0 Å². The quantitative estimate of drug-likeness (QED) is 0.747. The lowest BCUT2D eigenvalue weighted by molar-refractivity contribution is 0.219. The molecule has 0 heterocycles. The standard InChI is InChI=1S/C20H25N/c21-16-5-4-13-20(14-6-15-20)19-11-9-18(10-12-19)17-7-2-1-3-8-17/h1-3,7-12H,4-6,13-16,21H2. The zero-order chi connectivity index (χ0) is 14.5. The van der Waals surface area contributed by atoms with Gasteiger partial charge in [-0.3, -0.25) is 0 Å². The molecule has 0 spiro atoms. The average Bonchev–Trinajstić information content (AvgIpc) is 2.51. The molecule has 0 unspecified atom stereocenters. The summed E-state index contributed by atoms with van der Waals surface area (Å²) in [5.74, 6) is 0. The Balaban J connectivity index is 1.76. The van der Waals surface area contributed by atoms with E-state index in [4.69, 9.17) is 5.73 Å². The Morgan fingerprint density at radius 2 is 1.48 bits per heavy atom. The van der Waals surface area contributed by atoms with Crippen molar-refractivity contribution in [3.8, 4) is 11.1 Å². The Kier molecular flexibility index (Phi) is 4.40. The fourth-order valence-electron chi connectivity index (χ4n) is 3.54. The summed E-state index contributed by atoms with van der Waals surface area (Å²) in [4.78, 5) is 0. The van der Waals surface area contributed by atoms with Gasteiger partial charge in [-0.2, -0.15) is 0 Å². The molecule has 2 N–H and O–H groups in total. The van der Waals surface area contributed by atoms with Crippen LogP contribution in [0.4, 0.5) is 0 Å². The molecule has 110 valence electrons. The van der Waals surface area contributed by atoms with Crippen LogP contribution in [-0.4, -0.2) is 6.54 Å². The molecular formula is C20H25N. The zero-order valence-corrected chi connectivity index (χ0v) is 12.7. The molecule has 21 heavy (non-hydrogen) atoms. The smallest absolute Gasteiger partial charge is 0.00469 e. The van der Waals surface area contributed by atoms with Crippen molar-refractivity contribution in [2.24, 2.45) is 5.73 Å². The summed E-state index contributed by atoms with van der Waals surface area (Å²) >= 11 is 0. The molecule has 0 atom stereocenters. The SMILES string of the molecule is NCCCCC1(c2ccc(-c3ccccc3)cc2)CCC1. The summed E-state index contributed by atoms with van der Waals surface area (Å²) in [6.45, 7) is 0.822. The average molecular weight is 279 g/mol. The van der Waals surface area contributed by atoms with Gasteiger partial charge in [0.05, 0.1) is 0 Å². The van der Waals surface area contributed by atoms with Gasteiger partial charge in [-0.15, -0.1) is 0 Å². The lowest BCUT2D eigenvalue weighted by Crippen LogP contribution is -2.34. The van der Waals surface area contributed by atoms with Gasteiger partial charge in [0.25, 0.3) is 0 Å². The maximum Gasteiger partial charge on any atom is -0.00469 e. The summed E-state index contributed by atoms with van der Waals surface area (Å²) in [7, 11) is 0. The van der Waals surface area contributed by atoms with Gasteiger partial charge in [-0.1, -0.05) is 67.4 Å². The molecule has 2 aromatic carbocycles. The summed E-state index contributed by atoms with van der Waals surface area (Å²) in [5.41, 5.74) is 10.2. The van der Waals surface area contributed by atoms with Crippen molar-refractivity contribution in [2.75, 3.05) is 6.54 Å². The summed E-state index contributed by atoms with van der Waals surface area (Å²) in [5, 5.41) is 0. The van der Waals surface area contributed by atoms with E-state index in [-0.39, 0.29) is 0 Å². The Morgan fingerprint density at radius 3 is 2.05 bits per heavy atom. The first kappa shape index (κ1) is 14.3. The molecule has 0 aromatic heterocycles. The van der Waals surface area contributed by atoms with Crippen LogP contribution in [-0.2, 0) is 5.41 Å². The third-order valence-corrected chi connectivity index (χ3v) is 5.02. The van der Waals surface area contributed by atoms with Crippen LogP contribution in [0, 0.1) is 0 Å². The van der Waals surface area contributed by atoms with E-state index >= 15 is 0 Å². The minimum absolute atomic E-state index is 0.449. The molecule has 1 heteroatoms. The van der Waals surface area contributed by atoms with Gasteiger partial charge in [-0.25, -0.2) is 0 Å². The van der Waals surface area contributed by atoms with Crippen molar-refractivity contribution < 1.29 is 0 Å². The monoisotopic (exact) mass is 279 g/mol. The highest BCUT2D eigenvalue weighted by Crippen LogP contribution is 2.47. The molecule has 1 saturated carbocycles. The Hall–Kier alpha value is -1.60. The predicted octanol–water partition coefficient (Wildman–Crippen LogP) is 4.90. The van der Waals surface area contributed by atoms with Crippen molar-refractivity contribution >= 4 is 0 Å². The molecule has 0 radical (unpaired) electrons. The van der Waals surface area contributed by atoms with E-state index in [0.717, 1.165) is 13.0 Å². The number of hydrogen-bond acceptors (Lipinski definition) is 1. The van der Waals surface area contributed by atoms with Crippen LogP contribution < -0.4 is 5.73 Å². The van der Waals surface area contributed by atoms with Crippen LogP contribution in [0.5, 0.6) is 0 Å². The predicted molar refractivity (Wildman–Crippen MR) is 90.3 cm³/mol. The molecule has 2 aromatic rings. The Morgan fingerprint density at radius 1 is 0.810 bits per heavy atom. The summed E-state index contributed by atoms with van der Waals surface area (Å²) < 4.78 is 0. The highest BCUT2D eigenvalue weighted by Gasteiger charge is 2.37. The van der Waals surface area contributed by atoms with Gasteiger partial charge < -0.3 is 5.73 Å². The van der Waals surface area contributed by atoms with E-state index in [1.165, 1.54) is 48.8 Å². The van der Waals surface area contributed by atoms with E-state index in [9.17, 15) is 0 Å². The minimum atomic E-state index is 0.449. The largest absolute Gasteiger partial charge is 0.330 e. The molecule has 1 aliphatic carbocycles. The van der Waals surface area contributed by atoms with Crippen molar-refractivity contribution in [1.29, 1.82) is 0 Å².